The maximum atomic E-state index is 12.3. The molecule has 8 nitrogen and oxygen atoms in total. The van der Waals surface area contributed by atoms with Crippen molar-refractivity contribution in [1.29, 1.82) is 0 Å². The first-order valence-electron chi connectivity index (χ1n) is 10.5. The van der Waals surface area contributed by atoms with E-state index in [-0.39, 0.29) is 35.3 Å². The largest absolute Gasteiger partial charge is 0.458 e. The van der Waals surface area contributed by atoms with Crippen LogP contribution in [0.4, 0.5) is 0 Å². The molecule has 9 heteroatoms. The minimum Gasteiger partial charge on any atom is -0.458 e. The van der Waals surface area contributed by atoms with Gasteiger partial charge in [-0.2, -0.15) is 8.42 Å². The van der Waals surface area contributed by atoms with E-state index in [1.807, 2.05) is 0 Å². The molecule has 1 aliphatic heterocycles. The van der Waals surface area contributed by atoms with Gasteiger partial charge in [0.15, 0.2) is 0 Å². The number of aryl methyl sites for hydroxylation is 2. The fraction of sp³-hybridized carbons (Fsp3) is 0.500. The molecule has 1 saturated heterocycles. The zero-order valence-corrected chi connectivity index (χ0v) is 18.3. The van der Waals surface area contributed by atoms with Gasteiger partial charge in [0.2, 0.25) is 5.03 Å². The van der Waals surface area contributed by atoms with Crippen LogP contribution < -0.4 is 4.18 Å². The van der Waals surface area contributed by atoms with Crippen LogP contribution in [0, 0.1) is 5.92 Å². The number of cyclic esters (lactones) is 1. The van der Waals surface area contributed by atoms with Crippen molar-refractivity contribution in [2.45, 2.75) is 62.0 Å². The fourth-order valence-electron chi connectivity index (χ4n) is 4.63. The Kier molecular flexibility index (Phi) is 5.88. The Morgan fingerprint density at radius 2 is 1.90 bits per heavy atom. The highest BCUT2D eigenvalue weighted by Crippen LogP contribution is 2.43. The summed E-state index contributed by atoms with van der Waals surface area (Å²) >= 11 is 0. The van der Waals surface area contributed by atoms with E-state index in [1.165, 1.54) is 17.1 Å². The summed E-state index contributed by atoms with van der Waals surface area (Å²) in [5.74, 6) is -0.0655. The van der Waals surface area contributed by atoms with Gasteiger partial charge >= 0.3 is 16.1 Å². The van der Waals surface area contributed by atoms with Gasteiger partial charge < -0.3 is 13.5 Å². The van der Waals surface area contributed by atoms with E-state index in [2.05, 4.69) is 4.98 Å². The Morgan fingerprint density at radius 1 is 1.19 bits per heavy atom. The van der Waals surface area contributed by atoms with Gasteiger partial charge in [-0.15, -0.1) is 0 Å². The number of ether oxygens (including phenoxy) is 1. The minimum atomic E-state index is -3.99. The van der Waals surface area contributed by atoms with Crippen molar-refractivity contribution in [3.63, 3.8) is 0 Å². The number of aromatic nitrogens is 2. The second-order valence-corrected chi connectivity index (χ2v) is 9.96. The maximum Gasteiger partial charge on any atom is 0.358 e. The van der Waals surface area contributed by atoms with Crippen LogP contribution in [0.3, 0.4) is 0 Å². The molecule has 2 aromatic rings. The number of hydrogen-bond donors (Lipinski definition) is 0. The molecule has 31 heavy (non-hydrogen) atoms. The van der Waals surface area contributed by atoms with Crippen molar-refractivity contribution in [3.05, 3.63) is 42.4 Å². The molecule has 1 aromatic heterocycles. The van der Waals surface area contributed by atoms with Crippen LogP contribution in [-0.4, -0.2) is 35.3 Å². The van der Waals surface area contributed by atoms with Crippen LogP contribution in [0.25, 0.3) is 0 Å². The molecule has 1 saturated carbocycles. The van der Waals surface area contributed by atoms with Crippen LogP contribution in [0.1, 0.15) is 50.5 Å². The van der Waals surface area contributed by atoms with Gasteiger partial charge in [-0.3, -0.25) is 9.59 Å². The number of Topliss-reactive ketones (excluding diaryl/α,β-unsaturated/α-hetero) is 1. The van der Waals surface area contributed by atoms with E-state index in [1.54, 1.807) is 31.3 Å². The van der Waals surface area contributed by atoms with Crippen LogP contribution in [-0.2, 0) is 37.9 Å². The molecule has 0 radical (unpaired) electrons. The summed E-state index contributed by atoms with van der Waals surface area (Å²) in [6.07, 6.45) is 8.23. The number of nitrogens with zero attached hydrogens (tertiary/aromatic N) is 2. The lowest BCUT2D eigenvalue weighted by atomic mass is 9.76. The summed E-state index contributed by atoms with van der Waals surface area (Å²) in [4.78, 5) is 28.0. The molecule has 1 atom stereocenters. The molecule has 166 valence electrons. The highest BCUT2D eigenvalue weighted by Gasteiger charge is 2.47. The normalized spacial score (nSPS) is 22.5. The monoisotopic (exact) mass is 446 g/mol. The fourth-order valence-corrected chi connectivity index (χ4v) is 5.56. The predicted octanol–water partition coefficient (Wildman–Crippen LogP) is 2.96. The number of imidazole rings is 1. The van der Waals surface area contributed by atoms with Crippen molar-refractivity contribution in [2.24, 2.45) is 13.0 Å². The van der Waals surface area contributed by atoms with Crippen molar-refractivity contribution in [1.82, 2.24) is 9.55 Å². The lowest BCUT2D eigenvalue weighted by molar-refractivity contribution is -0.178. The lowest BCUT2D eigenvalue weighted by Gasteiger charge is -2.41. The first-order chi connectivity index (χ1) is 14.8. The van der Waals surface area contributed by atoms with Crippen LogP contribution in [0.5, 0.6) is 5.75 Å². The average molecular weight is 447 g/mol. The first-order valence-corrected chi connectivity index (χ1v) is 11.9. The molecule has 0 spiro atoms. The summed E-state index contributed by atoms with van der Waals surface area (Å²) in [5, 5.41) is -0.152. The smallest absolute Gasteiger partial charge is 0.358 e. The molecule has 4 rings (SSSR count). The zero-order valence-electron chi connectivity index (χ0n) is 17.5. The van der Waals surface area contributed by atoms with E-state index in [4.69, 9.17) is 8.92 Å². The third-order valence-corrected chi connectivity index (χ3v) is 7.29. The number of benzene rings is 1. The second-order valence-electron chi connectivity index (χ2n) is 8.47. The van der Waals surface area contributed by atoms with Gasteiger partial charge in [-0.25, -0.2) is 4.98 Å². The number of ketones is 1. The van der Waals surface area contributed by atoms with Crippen molar-refractivity contribution >= 4 is 21.9 Å². The molecular formula is C22H26N2O6S. The second kappa shape index (κ2) is 8.45. The van der Waals surface area contributed by atoms with Gasteiger partial charge in [0.25, 0.3) is 0 Å². The molecule has 2 heterocycles. The molecule has 2 fully saturated rings. The van der Waals surface area contributed by atoms with Gasteiger partial charge in [-0.05, 0) is 49.3 Å². The summed E-state index contributed by atoms with van der Waals surface area (Å²) in [6, 6.07) is 6.77. The molecule has 0 N–H and O–H groups in total. The number of rotatable bonds is 7. The van der Waals surface area contributed by atoms with E-state index in [0.29, 0.717) is 12.8 Å². The van der Waals surface area contributed by atoms with Crippen LogP contribution in [0.15, 0.2) is 41.8 Å². The summed E-state index contributed by atoms with van der Waals surface area (Å²) in [5.41, 5.74) is 0.231. The van der Waals surface area contributed by atoms with Crippen LogP contribution in [0.2, 0.25) is 0 Å². The molecule has 2 aliphatic rings. The van der Waals surface area contributed by atoms with Crippen molar-refractivity contribution in [3.8, 4) is 5.75 Å². The molecule has 1 aromatic carbocycles. The Labute approximate surface area is 181 Å². The maximum absolute atomic E-state index is 12.3. The quantitative estimate of drug-likeness (QED) is 0.366. The number of carbonyl (C=O) groups excluding carboxylic acids is 2. The number of esters is 1. The predicted molar refractivity (Wildman–Crippen MR) is 111 cm³/mol. The molecule has 1 aliphatic carbocycles. The molecule has 1 unspecified atom stereocenters. The molecule has 0 bridgehead atoms. The third-order valence-electron chi connectivity index (χ3n) is 6.16. The Hall–Kier alpha value is -2.68. The average Bonchev–Trinajstić information content (AvgIpc) is 3.39. The van der Waals surface area contributed by atoms with E-state index < -0.39 is 21.7 Å². The van der Waals surface area contributed by atoms with Crippen LogP contribution >= 0.6 is 0 Å². The number of hydrogen-bond acceptors (Lipinski definition) is 7. The van der Waals surface area contributed by atoms with Gasteiger partial charge in [0.05, 0.1) is 6.33 Å². The van der Waals surface area contributed by atoms with E-state index >= 15 is 0 Å². The Balaban J connectivity index is 1.44. The molecule has 0 amide bonds. The van der Waals surface area contributed by atoms with E-state index in [9.17, 15) is 18.0 Å². The SMILES string of the molecule is Cn1cnc(S(=O)(=O)Oc2ccc(CCC3(C4CCCC4)CC(=O)CC(=O)O3)cc2)c1. The van der Waals surface area contributed by atoms with Gasteiger partial charge in [0.1, 0.15) is 23.6 Å². The summed E-state index contributed by atoms with van der Waals surface area (Å²) in [6.45, 7) is 0. The third kappa shape index (κ3) is 4.81. The molecular weight excluding hydrogens is 420 g/mol. The minimum absolute atomic E-state index is 0.0494. The highest BCUT2D eigenvalue weighted by molar-refractivity contribution is 7.87. The Bertz CT molecular complexity index is 1050. The topological polar surface area (TPSA) is 105 Å². The highest BCUT2D eigenvalue weighted by atomic mass is 32.2. The summed E-state index contributed by atoms with van der Waals surface area (Å²) < 4.78 is 37.1. The summed E-state index contributed by atoms with van der Waals surface area (Å²) in [7, 11) is -2.32. The zero-order chi connectivity index (χ0) is 22.1. The van der Waals surface area contributed by atoms with Crippen molar-refractivity contribution in [2.75, 3.05) is 0 Å². The Morgan fingerprint density at radius 3 is 2.52 bits per heavy atom. The standard InChI is InChI=1S/C22H26N2O6S/c1-24-14-20(23-15-24)31(27,28)30-19-8-6-16(7-9-19)10-11-22(17-4-2-3-5-17)13-18(25)12-21(26)29-22/h6-9,14-15,17H,2-5,10-13H2,1H3. The van der Waals surface area contributed by atoms with Gasteiger partial charge in [-0.1, -0.05) is 25.0 Å². The lowest BCUT2D eigenvalue weighted by Crippen LogP contribution is -2.48. The first kappa shape index (κ1) is 21.5. The van der Waals surface area contributed by atoms with Crippen molar-refractivity contribution < 1.29 is 26.9 Å². The number of carbonyl (C=O) groups is 2. The van der Waals surface area contributed by atoms with E-state index in [0.717, 1.165) is 31.2 Å². The van der Waals surface area contributed by atoms with Gasteiger partial charge in [0, 0.05) is 19.7 Å².